The van der Waals surface area contributed by atoms with Gasteiger partial charge >= 0.3 is 0 Å². The largest absolute Gasteiger partial charge is 0.505 e. The summed E-state index contributed by atoms with van der Waals surface area (Å²) in [5.41, 5.74) is -0.370. The first-order chi connectivity index (χ1) is 11.5. The molecule has 2 N–H and O–H groups in total. The Balaban J connectivity index is 2.30. The third kappa shape index (κ3) is 4.19. The molecule has 0 aliphatic carbocycles. The van der Waals surface area contributed by atoms with Crippen LogP contribution in [0.2, 0.25) is 0 Å². The number of carbonyl (C=O) groups is 1. The van der Waals surface area contributed by atoms with E-state index < -0.39 is 23.5 Å². The van der Waals surface area contributed by atoms with E-state index in [-0.39, 0.29) is 12.2 Å². The van der Waals surface area contributed by atoms with Gasteiger partial charge in [0.15, 0.2) is 17.7 Å². The minimum Gasteiger partial charge on any atom is -0.505 e. The first kappa shape index (κ1) is 18.1. The van der Waals surface area contributed by atoms with Crippen LogP contribution in [0.1, 0.15) is 10.5 Å². The quantitative estimate of drug-likeness (QED) is 0.706. The zero-order valence-corrected chi connectivity index (χ0v) is 14.6. The van der Waals surface area contributed by atoms with E-state index >= 15 is 0 Å². The number of amides is 1. The summed E-state index contributed by atoms with van der Waals surface area (Å²) in [6.07, 6.45) is -0.631. The van der Waals surface area contributed by atoms with Crippen LogP contribution in [0.4, 0.5) is 0 Å². The SMILES string of the molecule is COC(CNC(=O)c1nn(-c2ccc(Br)cc2)c(=O)cc1O)OC. The van der Waals surface area contributed by atoms with Crippen LogP contribution in [0.25, 0.3) is 5.69 Å². The van der Waals surface area contributed by atoms with Crippen molar-refractivity contribution < 1.29 is 19.4 Å². The van der Waals surface area contributed by atoms with Gasteiger partial charge in [0.25, 0.3) is 11.5 Å². The maximum atomic E-state index is 12.2. The van der Waals surface area contributed by atoms with Crippen molar-refractivity contribution in [3.63, 3.8) is 0 Å². The van der Waals surface area contributed by atoms with Crippen LogP contribution in [0, 0.1) is 0 Å². The van der Waals surface area contributed by atoms with Crippen molar-refractivity contribution in [2.45, 2.75) is 6.29 Å². The molecule has 1 aromatic heterocycles. The second-order valence-electron chi connectivity index (χ2n) is 4.72. The number of hydrogen-bond acceptors (Lipinski definition) is 6. The predicted molar refractivity (Wildman–Crippen MR) is 89.3 cm³/mol. The summed E-state index contributed by atoms with van der Waals surface area (Å²) in [6.45, 7) is 0.0599. The van der Waals surface area contributed by atoms with Crippen LogP contribution >= 0.6 is 15.9 Å². The van der Waals surface area contributed by atoms with Crippen molar-refractivity contribution >= 4 is 21.8 Å². The van der Waals surface area contributed by atoms with Crippen LogP contribution in [0.5, 0.6) is 5.75 Å². The van der Waals surface area contributed by atoms with Gasteiger partial charge in [0.05, 0.1) is 12.2 Å². The van der Waals surface area contributed by atoms with Crippen molar-refractivity contribution in [1.29, 1.82) is 0 Å². The van der Waals surface area contributed by atoms with Gasteiger partial charge in [-0.2, -0.15) is 9.78 Å². The van der Waals surface area contributed by atoms with Gasteiger partial charge in [-0.1, -0.05) is 15.9 Å². The van der Waals surface area contributed by atoms with Crippen molar-refractivity contribution in [1.82, 2.24) is 15.1 Å². The lowest BCUT2D eigenvalue weighted by molar-refractivity contribution is -0.0974. The number of halogens is 1. The lowest BCUT2D eigenvalue weighted by Crippen LogP contribution is -2.35. The average Bonchev–Trinajstić information content (AvgIpc) is 2.57. The van der Waals surface area contributed by atoms with E-state index in [4.69, 9.17) is 9.47 Å². The van der Waals surface area contributed by atoms with Gasteiger partial charge in [0.2, 0.25) is 0 Å². The Hall–Kier alpha value is -2.23. The standard InChI is InChI=1S/C15H16BrN3O5/c1-23-13(24-2)8-17-15(22)14-11(20)7-12(21)19(18-14)10-5-3-9(16)4-6-10/h3-7,13,20H,8H2,1-2H3,(H,17,22). The molecule has 0 unspecified atom stereocenters. The maximum absolute atomic E-state index is 12.2. The Morgan fingerprint density at radius 2 is 1.96 bits per heavy atom. The molecule has 0 radical (unpaired) electrons. The number of aromatic hydroxyl groups is 1. The van der Waals surface area contributed by atoms with Gasteiger partial charge in [-0.25, -0.2) is 0 Å². The number of hydrogen-bond donors (Lipinski definition) is 2. The van der Waals surface area contributed by atoms with E-state index in [0.717, 1.165) is 15.2 Å². The summed E-state index contributed by atoms with van der Waals surface area (Å²) >= 11 is 3.30. The summed E-state index contributed by atoms with van der Waals surface area (Å²) in [4.78, 5) is 24.2. The number of rotatable bonds is 6. The molecule has 0 spiro atoms. The van der Waals surface area contributed by atoms with Gasteiger partial charge in [-0.3, -0.25) is 9.59 Å². The van der Waals surface area contributed by atoms with Crippen LogP contribution in [0.3, 0.4) is 0 Å². The lowest BCUT2D eigenvalue weighted by Gasteiger charge is -2.14. The Labute approximate surface area is 146 Å². The van der Waals surface area contributed by atoms with Crippen LogP contribution in [-0.2, 0) is 9.47 Å². The molecule has 0 aliphatic heterocycles. The number of benzene rings is 1. The topological polar surface area (TPSA) is 103 Å². The second kappa shape index (κ2) is 8.04. The lowest BCUT2D eigenvalue weighted by atomic mass is 10.3. The molecule has 2 rings (SSSR count). The molecule has 0 saturated carbocycles. The number of nitrogens with one attached hydrogen (secondary N) is 1. The maximum Gasteiger partial charge on any atom is 0.275 e. The molecule has 24 heavy (non-hydrogen) atoms. The van der Waals surface area contributed by atoms with Crippen molar-refractivity contribution in [3.05, 3.63) is 50.9 Å². The summed E-state index contributed by atoms with van der Waals surface area (Å²) in [6, 6.07) is 7.72. The Kier molecular flexibility index (Phi) is 6.07. The highest BCUT2D eigenvalue weighted by atomic mass is 79.9. The normalized spacial score (nSPS) is 10.8. The zero-order chi connectivity index (χ0) is 17.7. The molecule has 0 fully saturated rings. The number of carbonyl (C=O) groups excluding carboxylic acids is 1. The van der Waals surface area contributed by atoms with E-state index in [0.29, 0.717) is 5.69 Å². The molecule has 0 aliphatic rings. The molecular formula is C15H16BrN3O5. The third-order valence-corrected chi connectivity index (χ3v) is 3.68. The summed E-state index contributed by atoms with van der Waals surface area (Å²) in [5, 5.41) is 16.3. The fourth-order valence-electron chi connectivity index (χ4n) is 1.90. The van der Waals surface area contributed by atoms with E-state index in [1.807, 2.05) is 0 Å². The number of aromatic nitrogens is 2. The number of methoxy groups -OCH3 is 2. The first-order valence-electron chi connectivity index (χ1n) is 6.89. The smallest absolute Gasteiger partial charge is 0.275 e. The Morgan fingerprint density at radius 1 is 1.33 bits per heavy atom. The fourth-order valence-corrected chi connectivity index (χ4v) is 2.16. The molecule has 0 bridgehead atoms. The van der Waals surface area contributed by atoms with Crippen molar-refractivity contribution in [2.75, 3.05) is 20.8 Å². The van der Waals surface area contributed by atoms with Gasteiger partial charge < -0.3 is 19.9 Å². The minimum atomic E-state index is -0.655. The molecular weight excluding hydrogens is 382 g/mol. The fraction of sp³-hybridized carbons (Fsp3) is 0.267. The van der Waals surface area contributed by atoms with E-state index in [1.54, 1.807) is 24.3 Å². The van der Waals surface area contributed by atoms with Crippen molar-refractivity contribution in [3.8, 4) is 11.4 Å². The van der Waals surface area contributed by atoms with Crippen LogP contribution in [-0.4, -0.2) is 47.8 Å². The van der Waals surface area contributed by atoms with Crippen LogP contribution in [0.15, 0.2) is 39.6 Å². The van der Waals surface area contributed by atoms with Gasteiger partial charge in [-0.05, 0) is 24.3 Å². The zero-order valence-electron chi connectivity index (χ0n) is 13.0. The molecule has 8 nitrogen and oxygen atoms in total. The summed E-state index contributed by atoms with van der Waals surface area (Å²) in [7, 11) is 2.87. The van der Waals surface area contributed by atoms with E-state index in [2.05, 4.69) is 26.3 Å². The molecule has 0 saturated heterocycles. The molecule has 0 atom stereocenters. The number of ether oxygens (including phenoxy) is 2. The average molecular weight is 398 g/mol. The molecule has 9 heteroatoms. The highest BCUT2D eigenvalue weighted by Crippen LogP contribution is 2.15. The van der Waals surface area contributed by atoms with Gasteiger partial charge in [0.1, 0.15) is 0 Å². The second-order valence-corrected chi connectivity index (χ2v) is 5.63. The molecule has 2 aromatic rings. The molecule has 1 aromatic carbocycles. The Morgan fingerprint density at radius 3 is 2.54 bits per heavy atom. The first-order valence-corrected chi connectivity index (χ1v) is 7.68. The van der Waals surface area contributed by atoms with Gasteiger partial charge in [-0.15, -0.1) is 0 Å². The van der Waals surface area contributed by atoms with Crippen LogP contribution < -0.4 is 10.9 Å². The number of nitrogens with zero attached hydrogens (tertiary/aromatic N) is 2. The van der Waals surface area contributed by atoms with Gasteiger partial charge in [0, 0.05) is 24.8 Å². The highest BCUT2D eigenvalue weighted by Gasteiger charge is 2.18. The summed E-state index contributed by atoms with van der Waals surface area (Å²) < 4.78 is 11.8. The molecule has 128 valence electrons. The third-order valence-electron chi connectivity index (χ3n) is 3.15. The monoisotopic (exact) mass is 397 g/mol. The minimum absolute atomic E-state index is 0.0599. The Bertz CT molecular complexity index is 772. The van der Waals surface area contributed by atoms with E-state index in [9.17, 15) is 14.7 Å². The summed E-state index contributed by atoms with van der Waals surface area (Å²) in [5.74, 6) is -1.16. The van der Waals surface area contributed by atoms with Crippen molar-refractivity contribution in [2.24, 2.45) is 0 Å². The molecule has 1 amide bonds. The predicted octanol–water partition coefficient (Wildman–Crippen LogP) is 1.05. The highest BCUT2D eigenvalue weighted by molar-refractivity contribution is 9.10. The molecule has 1 heterocycles. The van der Waals surface area contributed by atoms with E-state index in [1.165, 1.54) is 14.2 Å².